The highest BCUT2D eigenvalue weighted by molar-refractivity contribution is 7.09. The number of carbonyl (C=O) groups excluding carboxylic acids is 1. The summed E-state index contributed by atoms with van der Waals surface area (Å²) in [5.74, 6) is 0.192. The van der Waals surface area contributed by atoms with Crippen molar-refractivity contribution in [3.63, 3.8) is 0 Å². The second-order valence-corrected chi connectivity index (χ2v) is 8.39. The molecular formula is C18H26N4OS. The summed E-state index contributed by atoms with van der Waals surface area (Å²) < 4.78 is 1.93. The number of hydrogen-bond acceptors (Lipinski definition) is 4. The van der Waals surface area contributed by atoms with E-state index >= 15 is 0 Å². The molecule has 1 fully saturated rings. The van der Waals surface area contributed by atoms with E-state index in [0.29, 0.717) is 6.42 Å². The largest absolute Gasteiger partial charge is 0.338 e. The van der Waals surface area contributed by atoms with Crippen LogP contribution in [-0.2, 0) is 23.2 Å². The monoisotopic (exact) mass is 346 g/mol. The number of rotatable bonds is 4. The molecule has 0 bridgehead atoms. The van der Waals surface area contributed by atoms with Gasteiger partial charge in [-0.3, -0.25) is 9.48 Å². The number of hydrogen-bond donors (Lipinski definition) is 0. The molecular weight excluding hydrogens is 320 g/mol. The summed E-state index contributed by atoms with van der Waals surface area (Å²) in [5, 5.41) is 7.41. The molecule has 0 spiro atoms. The van der Waals surface area contributed by atoms with Gasteiger partial charge in [-0.2, -0.15) is 5.10 Å². The molecule has 3 rings (SSSR count). The van der Waals surface area contributed by atoms with E-state index in [0.717, 1.165) is 36.6 Å². The second kappa shape index (κ2) is 7.05. The van der Waals surface area contributed by atoms with Crippen molar-refractivity contribution in [2.75, 3.05) is 6.54 Å². The summed E-state index contributed by atoms with van der Waals surface area (Å²) in [5.41, 5.74) is 0.943. The first-order valence-electron chi connectivity index (χ1n) is 8.65. The molecule has 0 radical (unpaired) electrons. The van der Waals surface area contributed by atoms with E-state index in [4.69, 9.17) is 0 Å². The maximum absolute atomic E-state index is 12.8. The van der Waals surface area contributed by atoms with Crippen molar-refractivity contribution in [1.82, 2.24) is 19.7 Å². The zero-order valence-corrected chi connectivity index (χ0v) is 15.6. The third-order valence-corrected chi connectivity index (χ3v) is 5.75. The lowest BCUT2D eigenvalue weighted by Gasteiger charge is -2.35. The Hall–Kier alpha value is -1.69. The van der Waals surface area contributed by atoms with Crippen LogP contribution in [0.3, 0.4) is 0 Å². The van der Waals surface area contributed by atoms with Crippen LogP contribution in [0.1, 0.15) is 50.7 Å². The van der Waals surface area contributed by atoms with Gasteiger partial charge in [-0.25, -0.2) is 4.98 Å². The zero-order chi connectivity index (χ0) is 17.2. The molecule has 1 aliphatic heterocycles. The van der Waals surface area contributed by atoms with E-state index in [-0.39, 0.29) is 17.4 Å². The molecule has 2 aromatic heterocycles. The molecule has 0 saturated carbocycles. The van der Waals surface area contributed by atoms with Gasteiger partial charge in [-0.1, -0.05) is 20.8 Å². The summed E-state index contributed by atoms with van der Waals surface area (Å²) in [6, 6.07) is 2.17. The number of nitrogens with zero attached hydrogens (tertiary/aromatic N) is 4. The first-order chi connectivity index (χ1) is 11.4. The van der Waals surface area contributed by atoms with Crippen LogP contribution in [-0.4, -0.2) is 38.2 Å². The summed E-state index contributed by atoms with van der Waals surface area (Å²) in [6.45, 7) is 8.09. The third-order valence-electron chi connectivity index (χ3n) is 4.43. The molecule has 24 heavy (non-hydrogen) atoms. The highest BCUT2D eigenvalue weighted by atomic mass is 32.1. The molecule has 1 unspecified atom stereocenters. The van der Waals surface area contributed by atoms with Crippen LogP contribution in [0.5, 0.6) is 0 Å². The van der Waals surface area contributed by atoms with Crippen LogP contribution in [0, 0.1) is 0 Å². The molecule has 0 aromatic carbocycles. The predicted octanol–water partition coefficient (Wildman–Crippen LogP) is 3.26. The molecule has 130 valence electrons. The Morgan fingerprint density at radius 1 is 1.38 bits per heavy atom. The van der Waals surface area contributed by atoms with Crippen LogP contribution in [0.2, 0.25) is 0 Å². The van der Waals surface area contributed by atoms with Gasteiger partial charge in [0.25, 0.3) is 0 Å². The Kier molecular flexibility index (Phi) is 5.04. The second-order valence-electron chi connectivity index (χ2n) is 7.54. The number of carbonyl (C=O) groups is 1. The highest BCUT2D eigenvalue weighted by Gasteiger charge is 2.28. The number of likely N-dealkylation sites (tertiary alicyclic amines) is 1. The fraction of sp³-hybridized carbons (Fsp3) is 0.611. The first kappa shape index (κ1) is 17.1. The number of amides is 1. The predicted molar refractivity (Wildman–Crippen MR) is 96.1 cm³/mol. The van der Waals surface area contributed by atoms with E-state index in [2.05, 4.69) is 30.9 Å². The van der Waals surface area contributed by atoms with Crippen molar-refractivity contribution in [1.29, 1.82) is 0 Å². The lowest BCUT2D eigenvalue weighted by Crippen LogP contribution is -2.46. The van der Waals surface area contributed by atoms with E-state index in [1.54, 1.807) is 17.5 Å². The fourth-order valence-corrected chi connectivity index (χ4v) is 4.04. The van der Waals surface area contributed by atoms with Crippen molar-refractivity contribution in [3.8, 4) is 0 Å². The minimum atomic E-state index is 0.0414. The summed E-state index contributed by atoms with van der Waals surface area (Å²) >= 11 is 1.65. The van der Waals surface area contributed by atoms with Crippen molar-refractivity contribution >= 4 is 17.2 Å². The molecule has 6 heteroatoms. The Morgan fingerprint density at radius 3 is 2.88 bits per heavy atom. The Labute approximate surface area is 147 Å². The maximum Gasteiger partial charge on any atom is 0.228 e. The zero-order valence-electron chi connectivity index (χ0n) is 14.7. The molecule has 5 nitrogen and oxygen atoms in total. The Bertz CT molecular complexity index is 672. The molecule has 1 amide bonds. The van der Waals surface area contributed by atoms with E-state index in [9.17, 15) is 4.79 Å². The molecule has 1 aliphatic rings. The van der Waals surface area contributed by atoms with E-state index in [1.807, 2.05) is 27.2 Å². The van der Waals surface area contributed by atoms with Crippen LogP contribution in [0.25, 0.3) is 0 Å². The summed E-state index contributed by atoms with van der Waals surface area (Å²) in [4.78, 5) is 19.5. The summed E-state index contributed by atoms with van der Waals surface area (Å²) in [7, 11) is 0. The number of thiazole rings is 1. The topological polar surface area (TPSA) is 51.0 Å². The smallest absolute Gasteiger partial charge is 0.228 e. The average molecular weight is 346 g/mol. The van der Waals surface area contributed by atoms with Gasteiger partial charge in [0, 0.05) is 29.7 Å². The molecule has 2 aromatic rings. The minimum absolute atomic E-state index is 0.0414. The van der Waals surface area contributed by atoms with E-state index < -0.39 is 0 Å². The number of aromatic nitrogens is 3. The Balaban J connectivity index is 1.66. The molecule has 1 atom stereocenters. The lowest BCUT2D eigenvalue weighted by molar-refractivity contribution is -0.134. The van der Waals surface area contributed by atoms with Crippen LogP contribution in [0.15, 0.2) is 23.8 Å². The van der Waals surface area contributed by atoms with E-state index in [1.165, 1.54) is 6.42 Å². The normalized spacial score (nSPS) is 18.8. The lowest BCUT2D eigenvalue weighted by atomic mass is 9.98. The fourth-order valence-electron chi connectivity index (χ4n) is 3.13. The molecule has 3 heterocycles. The third kappa shape index (κ3) is 4.04. The average Bonchev–Trinajstić information content (AvgIpc) is 3.19. The van der Waals surface area contributed by atoms with Crippen LogP contribution >= 0.6 is 11.3 Å². The van der Waals surface area contributed by atoms with Crippen LogP contribution < -0.4 is 0 Å². The van der Waals surface area contributed by atoms with Crippen LogP contribution in [0.4, 0.5) is 0 Å². The van der Waals surface area contributed by atoms with Crippen molar-refractivity contribution in [2.24, 2.45) is 0 Å². The van der Waals surface area contributed by atoms with Gasteiger partial charge in [0.05, 0.1) is 29.7 Å². The standard InChI is InChI=1S/C18H26N4OS/c1-18(2,3)17-20-14(13-24-17)11-16(23)22-10-5-4-7-15(22)12-21-9-6-8-19-21/h6,8-9,13,15H,4-5,7,10-12H2,1-3H3. The van der Waals surface area contributed by atoms with Gasteiger partial charge in [-0.15, -0.1) is 11.3 Å². The van der Waals surface area contributed by atoms with Crippen molar-refractivity contribution < 1.29 is 4.79 Å². The maximum atomic E-state index is 12.8. The van der Waals surface area contributed by atoms with Crippen molar-refractivity contribution in [3.05, 3.63) is 34.5 Å². The Morgan fingerprint density at radius 2 is 2.21 bits per heavy atom. The van der Waals surface area contributed by atoms with Gasteiger partial charge in [0.15, 0.2) is 0 Å². The quantitative estimate of drug-likeness (QED) is 0.854. The van der Waals surface area contributed by atoms with Gasteiger partial charge in [-0.05, 0) is 25.3 Å². The summed E-state index contributed by atoms with van der Waals surface area (Å²) in [6.07, 6.45) is 7.48. The highest BCUT2D eigenvalue weighted by Crippen LogP contribution is 2.26. The van der Waals surface area contributed by atoms with Crippen molar-refractivity contribution in [2.45, 2.75) is 64.5 Å². The molecule has 0 aliphatic carbocycles. The molecule has 1 saturated heterocycles. The number of piperidine rings is 1. The minimum Gasteiger partial charge on any atom is -0.338 e. The van der Waals surface area contributed by atoms with Gasteiger partial charge < -0.3 is 4.90 Å². The first-order valence-corrected chi connectivity index (χ1v) is 9.53. The SMILES string of the molecule is CC(C)(C)c1nc(CC(=O)N2CCCCC2Cn2cccn2)cs1. The van der Waals surface area contributed by atoms with Gasteiger partial charge in [0.2, 0.25) is 5.91 Å². The molecule has 0 N–H and O–H groups in total. The van der Waals surface area contributed by atoms with Gasteiger partial charge in [0.1, 0.15) is 0 Å². The van der Waals surface area contributed by atoms with Gasteiger partial charge >= 0.3 is 0 Å².